The molecule has 178 valence electrons. The largest absolute Gasteiger partial charge is 0.392 e. The summed E-state index contributed by atoms with van der Waals surface area (Å²) >= 11 is 0. The van der Waals surface area contributed by atoms with E-state index in [1.54, 1.807) is 0 Å². The van der Waals surface area contributed by atoms with Crippen molar-refractivity contribution in [2.75, 3.05) is 6.61 Å². The summed E-state index contributed by atoms with van der Waals surface area (Å²) in [7, 11) is 0. The Morgan fingerprint density at radius 3 is 2.74 bits per heavy atom. The average Bonchev–Trinajstić information content (AvgIpc) is 3.52. The first-order valence-corrected chi connectivity index (χ1v) is 11.8. The first-order chi connectivity index (χ1) is 16.5. The molecule has 34 heavy (non-hydrogen) atoms. The van der Waals surface area contributed by atoms with Crippen LogP contribution < -0.4 is 21.7 Å². The molecule has 3 aliphatic rings. The Balaban J connectivity index is 1.23. The zero-order valence-corrected chi connectivity index (χ0v) is 19.0. The minimum absolute atomic E-state index is 0.00341. The number of nitrogens with two attached hydrogens (primary N) is 1. The van der Waals surface area contributed by atoms with Gasteiger partial charge in [-0.25, -0.2) is 4.68 Å². The molecule has 1 aliphatic carbocycles. The number of benzene rings is 1. The topological polar surface area (TPSA) is 123 Å². The van der Waals surface area contributed by atoms with Crippen LogP contribution in [-0.4, -0.2) is 34.2 Å². The molecule has 2 fully saturated rings. The van der Waals surface area contributed by atoms with E-state index in [9.17, 15) is 9.59 Å². The normalized spacial score (nSPS) is 25.1. The van der Waals surface area contributed by atoms with Gasteiger partial charge in [0.2, 0.25) is 0 Å². The van der Waals surface area contributed by atoms with Gasteiger partial charge in [0.15, 0.2) is 6.23 Å². The lowest BCUT2D eigenvalue weighted by atomic mass is 9.96. The van der Waals surface area contributed by atoms with E-state index in [2.05, 4.69) is 51.9 Å². The molecule has 0 bridgehead atoms. The highest BCUT2D eigenvalue weighted by Crippen LogP contribution is 2.36. The zero-order valence-electron chi connectivity index (χ0n) is 19.0. The molecule has 1 aromatic carbocycles. The van der Waals surface area contributed by atoms with Crippen molar-refractivity contribution in [1.29, 1.82) is 0 Å². The summed E-state index contributed by atoms with van der Waals surface area (Å²) in [4.78, 5) is 24.5. The van der Waals surface area contributed by atoms with E-state index in [0.717, 1.165) is 56.4 Å². The van der Waals surface area contributed by atoms with Crippen molar-refractivity contribution >= 4 is 11.8 Å². The van der Waals surface area contributed by atoms with E-state index >= 15 is 0 Å². The number of rotatable bonds is 5. The number of nitrogens with zero attached hydrogens (tertiary/aromatic N) is 2. The molecule has 5 rings (SSSR count). The lowest BCUT2D eigenvalue weighted by Gasteiger charge is -2.24. The lowest BCUT2D eigenvalue weighted by Crippen LogP contribution is -2.47. The fourth-order valence-electron chi connectivity index (χ4n) is 5.03. The number of ether oxygens (including phenoxy) is 1. The third-order valence-corrected chi connectivity index (χ3v) is 6.83. The van der Waals surface area contributed by atoms with Gasteiger partial charge in [0, 0.05) is 18.8 Å². The van der Waals surface area contributed by atoms with Crippen molar-refractivity contribution in [2.24, 2.45) is 5.73 Å². The monoisotopic (exact) mass is 462 g/mol. The summed E-state index contributed by atoms with van der Waals surface area (Å²) in [6.45, 7) is 4.43. The van der Waals surface area contributed by atoms with Gasteiger partial charge >= 0.3 is 0 Å². The second-order valence-electron chi connectivity index (χ2n) is 9.13. The van der Waals surface area contributed by atoms with Crippen LogP contribution >= 0.6 is 0 Å². The van der Waals surface area contributed by atoms with Crippen molar-refractivity contribution in [2.45, 2.75) is 56.7 Å². The first kappa shape index (κ1) is 22.2. The summed E-state index contributed by atoms with van der Waals surface area (Å²) in [5, 5.41) is 12.7. The van der Waals surface area contributed by atoms with E-state index in [1.165, 1.54) is 5.56 Å². The quantitative estimate of drug-likeness (QED) is 0.541. The smallest absolute Gasteiger partial charge is 0.274 e. The third kappa shape index (κ3) is 4.43. The van der Waals surface area contributed by atoms with Crippen molar-refractivity contribution in [1.82, 2.24) is 25.7 Å². The van der Waals surface area contributed by atoms with Gasteiger partial charge < -0.3 is 26.4 Å². The molecule has 3 atom stereocenters. The van der Waals surface area contributed by atoms with Gasteiger partial charge in [0.25, 0.3) is 11.8 Å². The van der Waals surface area contributed by atoms with Crippen LogP contribution in [0.4, 0.5) is 0 Å². The van der Waals surface area contributed by atoms with Crippen LogP contribution in [0.3, 0.4) is 0 Å². The van der Waals surface area contributed by atoms with Crippen molar-refractivity contribution < 1.29 is 14.3 Å². The molecule has 2 aliphatic heterocycles. The average molecular weight is 463 g/mol. The second kappa shape index (κ2) is 9.34. The lowest BCUT2D eigenvalue weighted by molar-refractivity contribution is -0.121. The highest BCUT2D eigenvalue weighted by Gasteiger charge is 2.30. The molecule has 1 saturated carbocycles. The van der Waals surface area contributed by atoms with E-state index in [1.807, 2.05) is 16.9 Å². The SMILES string of the molecule is C=C1NC(=O)C(N)=C(C(=O)N[C@H]2CC[C@@H](c3ccc(-c4ccnn4C4CCCCO4)cc3)C2)N1. The summed E-state index contributed by atoms with van der Waals surface area (Å²) < 4.78 is 7.91. The molecule has 2 amide bonds. The minimum atomic E-state index is -0.519. The van der Waals surface area contributed by atoms with Crippen LogP contribution in [0.2, 0.25) is 0 Å². The van der Waals surface area contributed by atoms with Crippen LogP contribution in [0.1, 0.15) is 56.2 Å². The molecule has 9 heteroatoms. The summed E-state index contributed by atoms with van der Waals surface area (Å²) in [5.41, 5.74) is 9.13. The Hall–Kier alpha value is -3.59. The van der Waals surface area contributed by atoms with Gasteiger partial charge in [-0.3, -0.25) is 9.59 Å². The van der Waals surface area contributed by atoms with Crippen LogP contribution in [0.15, 0.2) is 60.3 Å². The molecule has 2 aromatic rings. The molecule has 1 aromatic heterocycles. The van der Waals surface area contributed by atoms with E-state index in [-0.39, 0.29) is 35.4 Å². The number of carbonyl (C=O) groups excluding carboxylic acids is 2. The summed E-state index contributed by atoms with van der Waals surface area (Å²) in [6.07, 6.45) is 7.76. The molecule has 5 N–H and O–H groups in total. The Bertz CT molecular complexity index is 1130. The van der Waals surface area contributed by atoms with Crippen LogP contribution in [0, 0.1) is 0 Å². The highest BCUT2D eigenvalue weighted by atomic mass is 16.5. The number of nitrogens with one attached hydrogen (secondary N) is 3. The Labute approximate surface area is 198 Å². The fraction of sp³-hybridized carbons (Fsp3) is 0.400. The number of amides is 2. The molecule has 1 unspecified atom stereocenters. The number of hydrogen-bond acceptors (Lipinski definition) is 6. The molecular formula is C25H30N6O3. The molecule has 9 nitrogen and oxygen atoms in total. The summed E-state index contributed by atoms with van der Waals surface area (Å²) in [6, 6.07) is 10.7. The first-order valence-electron chi connectivity index (χ1n) is 11.8. The predicted molar refractivity (Wildman–Crippen MR) is 127 cm³/mol. The second-order valence-corrected chi connectivity index (χ2v) is 9.13. The minimum Gasteiger partial charge on any atom is -0.392 e. The van der Waals surface area contributed by atoms with E-state index < -0.39 is 5.91 Å². The van der Waals surface area contributed by atoms with Gasteiger partial charge in [-0.15, -0.1) is 0 Å². The highest BCUT2D eigenvalue weighted by molar-refractivity contribution is 6.05. The Morgan fingerprint density at radius 1 is 1.15 bits per heavy atom. The van der Waals surface area contributed by atoms with Crippen LogP contribution in [0.5, 0.6) is 0 Å². The molecule has 0 radical (unpaired) electrons. The molecule has 1 saturated heterocycles. The van der Waals surface area contributed by atoms with E-state index in [0.29, 0.717) is 5.92 Å². The van der Waals surface area contributed by atoms with Gasteiger partial charge in [-0.05, 0) is 61.6 Å². The van der Waals surface area contributed by atoms with Gasteiger partial charge in [0.1, 0.15) is 17.2 Å². The van der Waals surface area contributed by atoms with E-state index in [4.69, 9.17) is 10.5 Å². The number of aromatic nitrogens is 2. The molecule has 3 heterocycles. The van der Waals surface area contributed by atoms with Gasteiger partial charge in [-0.2, -0.15) is 5.10 Å². The third-order valence-electron chi connectivity index (χ3n) is 6.83. The maximum Gasteiger partial charge on any atom is 0.274 e. The Morgan fingerprint density at radius 2 is 1.97 bits per heavy atom. The van der Waals surface area contributed by atoms with Gasteiger partial charge in [0.05, 0.1) is 5.69 Å². The molecule has 0 spiro atoms. The zero-order chi connectivity index (χ0) is 23.7. The summed E-state index contributed by atoms with van der Waals surface area (Å²) in [5.74, 6) is -0.303. The maximum atomic E-state index is 12.7. The fourth-order valence-corrected chi connectivity index (χ4v) is 5.03. The van der Waals surface area contributed by atoms with Crippen LogP contribution in [0.25, 0.3) is 11.3 Å². The number of hydrogen-bond donors (Lipinski definition) is 4. The van der Waals surface area contributed by atoms with Crippen LogP contribution in [-0.2, 0) is 14.3 Å². The van der Waals surface area contributed by atoms with Crippen molar-refractivity contribution in [3.63, 3.8) is 0 Å². The Kier molecular flexibility index (Phi) is 6.10. The van der Waals surface area contributed by atoms with Gasteiger partial charge in [-0.1, -0.05) is 30.8 Å². The van der Waals surface area contributed by atoms with Crippen molar-refractivity contribution in [3.05, 3.63) is 65.9 Å². The molecular weight excluding hydrogens is 432 g/mol. The van der Waals surface area contributed by atoms with Crippen molar-refractivity contribution in [3.8, 4) is 11.3 Å². The predicted octanol–water partition coefficient (Wildman–Crippen LogP) is 2.36. The standard InChI is InChI=1S/C25H30N6O3/c1-15-28-23(22(26)24(32)29-15)25(33)30-19-10-9-18(14-19)16-5-7-17(8-6-16)20-11-12-27-31(20)21-4-2-3-13-34-21/h5-8,11-12,18-19,21,28H,1-4,9-10,13-14,26H2,(H,29,32)(H,30,33)/t18-,19+,21?/m1/s1. The maximum absolute atomic E-state index is 12.7. The number of carbonyl (C=O) groups is 2.